The topological polar surface area (TPSA) is 85.7 Å². The number of rotatable bonds is 2. The number of aliphatic hydroxyl groups excluding tert-OH is 1. The van der Waals surface area contributed by atoms with Crippen molar-refractivity contribution in [1.82, 2.24) is 15.2 Å². The summed E-state index contributed by atoms with van der Waals surface area (Å²) in [5, 5.41) is 22.2. The van der Waals surface area contributed by atoms with Crippen LogP contribution in [0, 0.1) is 0 Å². The van der Waals surface area contributed by atoms with Crippen molar-refractivity contribution in [3.63, 3.8) is 0 Å². The molecule has 92 valence electrons. The Morgan fingerprint density at radius 1 is 1.59 bits per heavy atom. The number of amides is 1. The van der Waals surface area contributed by atoms with Crippen LogP contribution in [0.3, 0.4) is 0 Å². The molecule has 2 rings (SSSR count). The van der Waals surface area contributed by atoms with E-state index in [0.29, 0.717) is 13.1 Å². The molecule has 2 heterocycles. The average Bonchev–Trinajstić information content (AvgIpc) is 2.74. The van der Waals surface area contributed by atoms with Crippen LogP contribution < -0.4 is 5.32 Å². The lowest BCUT2D eigenvalue weighted by atomic mass is 10.1. The van der Waals surface area contributed by atoms with Crippen LogP contribution in [0.1, 0.15) is 10.5 Å². The summed E-state index contributed by atoms with van der Waals surface area (Å²) in [4.78, 5) is 17.3. The summed E-state index contributed by atoms with van der Waals surface area (Å²) < 4.78 is 0. The van der Waals surface area contributed by atoms with Gasteiger partial charge in [0.2, 0.25) is 0 Å². The second-order valence-corrected chi connectivity index (χ2v) is 4.08. The molecule has 1 saturated heterocycles. The van der Waals surface area contributed by atoms with Gasteiger partial charge in [-0.1, -0.05) is 0 Å². The summed E-state index contributed by atoms with van der Waals surface area (Å²) in [6.45, 7) is 1.01. The lowest BCUT2D eigenvalue weighted by Gasteiger charge is -2.26. The van der Waals surface area contributed by atoms with E-state index in [0.717, 1.165) is 0 Å². The fourth-order valence-corrected chi connectivity index (χ4v) is 1.93. The SMILES string of the molecule is CN(C(=O)c1ncccc1O)[C@H]1CNC[C@@H]1O. The molecule has 0 radical (unpaired) electrons. The summed E-state index contributed by atoms with van der Waals surface area (Å²) in [5.74, 6) is -0.541. The number of carbonyl (C=O) groups excluding carboxylic acids is 1. The zero-order chi connectivity index (χ0) is 12.4. The molecule has 1 aromatic heterocycles. The zero-order valence-electron chi connectivity index (χ0n) is 9.50. The monoisotopic (exact) mass is 237 g/mol. The van der Waals surface area contributed by atoms with Crippen molar-refractivity contribution in [2.24, 2.45) is 0 Å². The molecule has 1 fully saturated rings. The zero-order valence-corrected chi connectivity index (χ0v) is 9.50. The van der Waals surface area contributed by atoms with Crippen LogP contribution in [-0.2, 0) is 0 Å². The van der Waals surface area contributed by atoms with Gasteiger partial charge in [0.05, 0.1) is 12.1 Å². The summed E-state index contributed by atoms with van der Waals surface area (Å²) in [7, 11) is 1.59. The Hall–Kier alpha value is -1.66. The van der Waals surface area contributed by atoms with E-state index in [1.165, 1.54) is 17.2 Å². The molecule has 0 saturated carbocycles. The summed E-state index contributed by atoms with van der Waals surface area (Å²) in [5.41, 5.74) is 0.00843. The molecule has 1 amide bonds. The number of aromatic nitrogens is 1. The molecule has 17 heavy (non-hydrogen) atoms. The van der Waals surface area contributed by atoms with Crippen LogP contribution in [0.25, 0.3) is 0 Å². The van der Waals surface area contributed by atoms with E-state index < -0.39 is 12.0 Å². The molecule has 0 aromatic carbocycles. The second kappa shape index (κ2) is 4.68. The Kier molecular flexibility index (Phi) is 3.26. The maximum Gasteiger partial charge on any atom is 0.276 e. The fourth-order valence-electron chi connectivity index (χ4n) is 1.93. The van der Waals surface area contributed by atoms with Crippen LogP contribution >= 0.6 is 0 Å². The third kappa shape index (κ3) is 2.22. The van der Waals surface area contributed by atoms with Gasteiger partial charge < -0.3 is 20.4 Å². The smallest absolute Gasteiger partial charge is 0.276 e. The Morgan fingerprint density at radius 3 is 2.94 bits per heavy atom. The molecule has 1 aromatic rings. The van der Waals surface area contributed by atoms with Gasteiger partial charge in [-0.2, -0.15) is 0 Å². The summed E-state index contributed by atoms with van der Waals surface area (Å²) in [6.07, 6.45) is 0.860. The highest BCUT2D eigenvalue weighted by Gasteiger charge is 2.32. The maximum absolute atomic E-state index is 12.1. The van der Waals surface area contributed by atoms with Crippen molar-refractivity contribution >= 4 is 5.91 Å². The van der Waals surface area contributed by atoms with Crippen LogP contribution in [0.2, 0.25) is 0 Å². The highest BCUT2D eigenvalue weighted by atomic mass is 16.3. The molecule has 3 N–H and O–H groups in total. The lowest BCUT2D eigenvalue weighted by Crippen LogP contribution is -2.44. The molecular formula is C11H15N3O3. The number of hydrogen-bond acceptors (Lipinski definition) is 5. The molecule has 1 aliphatic heterocycles. The van der Waals surface area contributed by atoms with E-state index in [2.05, 4.69) is 10.3 Å². The molecular weight excluding hydrogens is 222 g/mol. The minimum Gasteiger partial charge on any atom is -0.505 e. The molecule has 0 bridgehead atoms. The van der Waals surface area contributed by atoms with Gasteiger partial charge in [-0.15, -0.1) is 0 Å². The molecule has 0 spiro atoms. The van der Waals surface area contributed by atoms with E-state index in [9.17, 15) is 15.0 Å². The van der Waals surface area contributed by atoms with Crippen LogP contribution in [0.15, 0.2) is 18.3 Å². The molecule has 6 heteroatoms. The van der Waals surface area contributed by atoms with Gasteiger partial charge in [-0.3, -0.25) is 4.79 Å². The van der Waals surface area contributed by atoms with E-state index in [1.807, 2.05) is 0 Å². The van der Waals surface area contributed by atoms with Crippen molar-refractivity contribution in [1.29, 1.82) is 0 Å². The Bertz CT molecular complexity index is 424. The summed E-state index contributed by atoms with van der Waals surface area (Å²) in [6, 6.07) is 2.68. The first-order chi connectivity index (χ1) is 8.11. The van der Waals surface area contributed by atoms with Crippen LogP contribution in [0.4, 0.5) is 0 Å². The van der Waals surface area contributed by atoms with Crippen molar-refractivity contribution in [2.45, 2.75) is 12.1 Å². The van der Waals surface area contributed by atoms with Gasteiger partial charge in [0.1, 0.15) is 5.75 Å². The maximum atomic E-state index is 12.1. The minimum absolute atomic E-state index is 0.00843. The number of β-amino-alcohol motifs (C(OH)–C–C–N with tert-alkyl or cyclic N) is 1. The number of aliphatic hydroxyl groups is 1. The van der Waals surface area contributed by atoms with E-state index in [-0.39, 0.29) is 17.5 Å². The van der Waals surface area contributed by atoms with E-state index in [4.69, 9.17) is 0 Å². The number of aromatic hydroxyl groups is 1. The fraction of sp³-hybridized carbons (Fsp3) is 0.455. The standard InChI is InChI=1S/C11H15N3O3/c1-14(7-5-12-6-9(7)16)11(17)10-8(15)3-2-4-13-10/h2-4,7,9,12,15-16H,5-6H2,1H3/t7-,9-/m0/s1. The lowest BCUT2D eigenvalue weighted by molar-refractivity contribution is 0.0573. The number of hydrogen-bond donors (Lipinski definition) is 3. The average molecular weight is 237 g/mol. The molecule has 6 nitrogen and oxygen atoms in total. The van der Waals surface area contributed by atoms with Crippen molar-refractivity contribution in [2.75, 3.05) is 20.1 Å². The minimum atomic E-state index is -0.588. The van der Waals surface area contributed by atoms with Gasteiger partial charge in [-0.05, 0) is 12.1 Å². The van der Waals surface area contributed by atoms with E-state index >= 15 is 0 Å². The normalized spacial score (nSPS) is 23.6. The summed E-state index contributed by atoms with van der Waals surface area (Å²) >= 11 is 0. The second-order valence-electron chi connectivity index (χ2n) is 4.08. The van der Waals surface area contributed by atoms with Gasteiger partial charge in [-0.25, -0.2) is 4.98 Å². The Labute approximate surface area is 98.9 Å². The number of pyridine rings is 1. The number of carbonyl (C=O) groups is 1. The first kappa shape index (κ1) is 11.8. The van der Waals surface area contributed by atoms with Crippen molar-refractivity contribution < 1.29 is 15.0 Å². The molecule has 1 aliphatic rings. The first-order valence-electron chi connectivity index (χ1n) is 5.41. The Morgan fingerprint density at radius 2 is 2.35 bits per heavy atom. The van der Waals surface area contributed by atoms with Gasteiger partial charge >= 0.3 is 0 Å². The number of nitrogens with zero attached hydrogens (tertiary/aromatic N) is 2. The van der Waals surface area contributed by atoms with Gasteiger partial charge in [0.25, 0.3) is 5.91 Å². The highest BCUT2D eigenvalue weighted by Crippen LogP contribution is 2.17. The largest absolute Gasteiger partial charge is 0.505 e. The Balaban J connectivity index is 2.17. The third-order valence-electron chi connectivity index (χ3n) is 2.96. The third-order valence-corrected chi connectivity index (χ3v) is 2.96. The predicted octanol–water partition coefficient (Wildman–Crippen LogP) is -0.808. The molecule has 0 unspecified atom stereocenters. The number of nitrogens with one attached hydrogen (secondary N) is 1. The molecule has 0 aliphatic carbocycles. The number of likely N-dealkylation sites (N-methyl/N-ethyl adjacent to an activating group) is 1. The van der Waals surface area contributed by atoms with Gasteiger partial charge in [0.15, 0.2) is 5.69 Å². The molecule has 2 atom stereocenters. The quantitative estimate of drug-likeness (QED) is 0.626. The predicted molar refractivity (Wildman–Crippen MR) is 60.7 cm³/mol. The van der Waals surface area contributed by atoms with Gasteiger partial charge in [0, 0.05) is 26.3 Å². The van der Waals surface area contributed by atoms with E-state index in [1.54, 1.807) is 13.1 Å². The van der Waals surface area contributed by atoms with Crippen molar-refractivity contribution in [3.8, 4) is 5.75 Å². The first-order valence-corrected chi connectivity index (χ1v) is 5.41. The highest BCUT2D eigenvalue weighted by molar-refractivity contribution is 5.94. The van der Waals surface area contributed by atoms with Crippen LogP contribution in [0.5, 0.6) is 5.75 Å². The van der Waals surface area contributed by atoms with Crippen LogP contribution in [-0.4, -0.2) is 58.3 Å². The van der Waals surface area contributed by atoms with Crippen molar-refractivity contribution in [3.05, 3.63) is 24.0 Å².